The fraction of sp³-hybridized carbons (Fsp3) is 0.346. The van der Waals surface area contributed by atoms with Crippen molar-refractivity contribution in [2.24, 2.45) is 5.92 Å². The summed E-state index contributed by atoms with van der Waals surface area (Å²) in [6.45, 7) is 5.63. The van der Waals surface area contributed by atoms with Crippen molar-refractivity contribution in [1.82, 2.24) is 14.7 Å². The number of carbonyl (C=O) groups excluding carboxylic acids is 2. The van der Waals surface area contributed by atoms with Gasteiger partial charge in [-0.05, 0) is 80.6 Å². The summed E-state index contributed by atoms with van der Waals surface area (Å²) in [6, 6.07) is 14.0. The molecule has 2 aromatic carbocycles. The second-order valence-electron chi connectivity index (χ2n) is 8.41. The molecular formula is C26H27Cl2N3O3. The van der Waals surface area contributed by atoms with Crippen molar-refractivity contribution in [3.63, 3.8) is 0 Å². The Morgan fingerprint density at radius 3 is 2.44 bits per heavy atom. The van der Waals surface area contributed by atoms with E-state index in [1.165, 1.54) is 12.8 Å². The Labute approximate surface area is 209 Å². The van der Waals surface area contributed by atoms with Gasteiger partial charge in [0.05, 0.1) is 23.0 Å². The van der Waals surface area contributed by atoms with Crippen LogP contribution in [0.4, 0.5) is 0 Å². The minimum Gasteiger partial charge on any atom is -0.461 e. The first-order valence-corrected chi connectivity index (χ1v) is 12.3. The molecule has 0 radical (unpaired) electrons. The third-order valence-electron chi connectivity index (χ3n) is 5.72. The van der Waals surface area contributed by atoms with E-state index < -0.39 is 5.97 Å². The highest BCUT2D eigenvalue weighted by molar-refractivity contribution is 6.36. The zero-order valence-corrected chi connectivity index (χ0v) is 20.8. The lowest BCUT2D eigenvalue weighted by Crippen LogP contribution is -2.33. The van der Waals surface area contributed by atoms with Gasteiger partial charge in [-0.1, -0.05) is 30.1 Å². The van der Waals surface area contributed by atoms with Crippen LogP contribution in [0.3, 0.4) is 0 Å². The summed E-state index contributed by atoms with van der Waals surface area (Å²) in [4.78, 5) is 27.4. The molecule has 0 N–H and O–H groups in total. The van der Waals surface area contributed by atoms with E-state index >= 15 is 0 Å². The van der Waals surface area contributed by atoms with E-state index in [1.807, 2.05) is 17.0 Å². The first-order valence-electron chi connectivity index (χ1n) is 11.5. The minimum atomic E-state index is -0.519. The van der Waals surface area contributed by atoms with Crippen molar-refractivity contribution in [1.29, 1.82) is 0 Å². The van der Waals surface area contributed by atoms with E-state index in [4.69, 9.17) is 27.9 Å². The van der Waals surface area contributed by atoms with Crippen LogP contribution in [0, 0.1) is 5.92 Å². The standard InChI is InChI=1S/C26H27Cl2N3O3/c1-3-13-30(16-17-5-6-17)25(32)18-7-10-20(11-8-18)31-24(15-23(29-31)26(33)34-4-2)21-12-9-19(27)14-22(21)28/h7-12,14-15,17H,3-6,13,16H2,1-2H3. The van der Waals surface area contributed by atoms with Gasteiger partial charge in [0.1, 0.15) is 0 Å². The zero-order chi connectivity index (χ0) is 24.2. The monoisotopic (exact) mass is 499 g/mol. The van der Waals surface area contributed by atoms with Crippen LogP contribution in [0.2, 0.25) is 10.0 Å². The highest BCUT2D eigenvalue weighted by Crippen LogP contribution is 2.33. The molecule has 178 valence electrons. The van der Waals surface area contributed by atoms with Crippen molar-refractivity contribution in [2.75, 3.05) is 19.7 Å². The quantitative estimate of drug-likeness (QED) is 0.324. The highest BCUT2D eigenvalue weighted by Gasteiger charge is 2.27. The second kappa shape index (κ2) is 10.6. The summed E-state index contributed by atoms with van der Waals surface area (Å²) in [7, 11) is 0. The number of benzene rings is 2. The molecule has 0 atom stereocenters. The molecule has 1 heterocycles. The average molecular weight is 500 g/mol. The van der Waals surface area contributed by atoms with Crippen LogP contribution in [-0.2, 0) is 4.74 Å². The minimum absolute atomic E-state index is 0.0361. The molecule has 0 saturated heterocycles. The smallest absolute Gasteiger partial charge is 0.358 e. The van der Waals surface area contributed by atoms with Crippen molar-refractivity contribution in [3.05, 3.63) is 69.8 Å². The molecule has 0 unspecified atom stereocenters. The Hall–Kier alpha value is -2.83. The molecule has 1 fully saturated rings. The maximum atomic E-state index is 13.1. The Kier molecular flexibility index (Phi) is 7.59. The van der Waals surface area contributed by atoms with Crippen molar-refractivity contribution in [2.45, 2.75) is 33.1 Å². The molecule has 6 nitrogen and oxygen atoms in total. The molecule has 1 aliphatic rings. The summed E-state index contributed by atoms with van der Waals surface area (Å²) in [5.41, 5.74) is 2.78. The second-order valence-corrected chi connectivity index (χ2v) is 9.26. The molecule has 1 saturated carbocycles. The topological polar surface area (TPSA) is 64.4 Å². The number of hydrogen-bond donors (Lipinski definition) is 0. The van der Waals surface area contributed by atoms with E-state index in [2.05, 4.69) is 12.0 Å². The number of nitrogens with zero attached hydrogens (tertiary/aromatic N) is 3. The first kappa shape index (κ1) is 24.3. The van der Waals surface area contributed by atoms with Gasteiger partial charge >= 0.3 is 5.97 Å². The third-order valence-corrected chi connectivity index (χ3v) is 6.26. The first-order chi connectivity index (χ1) is 16.4. The van der Waals surface area contributed by atoms with Gasteiger partial charge in [-0.25, -0.2) is 9.48 Å². The van der Waals surface area contributed by atoms with Gasteiger partial charge in [-0.2, -0.15) is 5.10 Å². The van der Waals surface area contributed by atoms with Crippen LogP contribution < -0.4 is 0 Å². The SMILES string of the molecule is CCCN(CC1CC1)C(=O)c1ccc(-n2nc(C(=O)OCC)cc2-c2ccc(Cl)cc2Cl)cc1. The van der Waals surface area contributed by atoms with Gasteiger partial charge in [0, 0.05) is 29.2 Å². The van der Waals surface area contributed by atoms with E-state index in [-0.39, 0.29) is 18.2 Å². The van der Waals surface area contributed by atoms with Crippen LogP contribution in [0.1, 0.15) is 54.0 Å². The van der Waals surface area contributed by atoms with Gasteiger partial charge in [0.25, 0.3) is 5.91 Å². The summed E-state index contributed by atoms with van der Waals surface area (Å²) >= 11 is 12.5. The number of amides is 1. The Morgan fingerprint density at radius 1 is 1.09 bits per heavy atom. The molecule has 1 amide bonds. The predicted molar refractivity (Wildman–Crippen MR) is 134 cm³/mol. The molecular weight excluding hydrogens is 473 g/mol. The molecule has 0 aliphatic heterocycles. The molecule has 1 aliphatic carbocycles. The summed E-state index contributed by atoms with van der Waals surface area (Å²) < 4.78 is 6.76. The zero-order valence-electron chi connectivity index (χ0n) is 19.3. The van der Waals surface area contributed by atoms with Gasteiger partial charge in [0.15, 0.2) is 5.69 Å². The van der Waals surface area contributed by atoms with Crippen LogP contribution in [0.25, 0.3) is 16.9 Å². The average Bonchev–Trinajstić information content (AvgIpc) is 3.53. The summed E-state index contributed by atoms with van der Waals surface area (Å²) in [6.07, 6.45) is 3.32. The highest BCUT2D eigenvalue weighted by atomic mass is 35.5. The van der Waals surface area contributed by atoms with E-state index in [0.717, 1.165) is 19.5 Å². The number of aromatic nitrogens is 2. The van der Waals surface area contributed by atoms with Gasteiger partial charge in [-0.15, -0.1) is 0 Å². The number of carbonyl (C=O) groups is 2. The van der Waals surface area contributed by atoms with Crippen LogP contribution in [-0.4, -0.2) is 46.3 Å². The lowest BCUT2D eigenvalue weighted by molar-refractivity contribution is 0.0518. The molecule has 0 bridgehead atoms. The molecule has 1 aromatic heterocycles. The molecule has 3 aromatic rings. The maximum absolute atomic E-state index is 13.1. The molecule has 0 spiro atoms. The van der Waals surface area contributed by atoms with Gasteiger partial charge < -0.3 is 9.64 Å². The fourth-order valence-electron chi connectivity index (χ4n) is 3.86. The van der Waals surface area contributed by atoms with Crippen LogP contribution in [0.5, 0.6) is 0 Å². The number of rotatable bonds is 9. The number of esters is 1. The number of hydrogen-bond acceptors (Lipinski definition) is 4. The largest absolute Gasteiger partial charge is 0.461 e. The predicted octanol–water partition coefficient (Wildman–Crippen LogP) is 6.29. The maximum Gasteiger partial charge on any atom is 0.358 e. The van der Waals surface area contributed by atoms with Crippen molar-refractivity contribution >= 4 is 35.1 Å². The fourth-order valence-corrected chi connectivity index (χ4v) is 4.36. The van der Waals surface area contributed by atoms with E-state index in [0.29, 0.717) is 38.5 Å². The lowest BCUT2D eigenvalue weighted by Gasteiger charge is -2.22. The van der Waals surface area contributed by atoms with Gasteiger partial charge in [-0.3, -0.25) is 4.79 Å². The summed E-state index contributed by atoms with van der Waals surface area (Å²) in [5.74, 6) is 0.149. The summed E-state index contributed by atoms with van der Waals surface area (Å²) in [5, 5.41) is 5.43. The Morgan fingerprint density at radius 2 is 1.82 bits per heavy atom. The van der Waals surface area contributed by atoms with Crippen molar-refractivity contribution < 1.29 is 14.3 Å². The Bertz CT molecular complexity index is 1190. The van der Waals surface area contributed by atoms with Gasteiger partial charge in [0.2, 0.25) is 0 Å². The van der Waals surface area contributed by atoms with E-state index in [1.54, 1.807) is 48.0 Å². The van der Waals surface area contributed by atoms with E-state index in [9.17, 15) is 9.59 Å². The van der Waals surface area contributed by atoms with Crippen molar-refractivity contribution in [3.8, 4) is 16.9 Å². The molecule has 34 heavy (non-hydrogen) atoms. The molecule has 4 rings (SSSR count). The lowest BCUT2D eigenvalue weighted by atomic mass is 10.1. The van der Waals surface area contributed by atoms with Crippen LogP contribution in [0.15, 0.2) is 48.5 Å². The molecule has 8 heteroatoms. The number of halogens is 2. The van der Waals surface area contributed by atoms with Crippen LogP contribution >= 0.6 is 23.2 Å². The number of ether oxygens (including phenoxy) is 1. The third kappa shape index (κ3) is 5.45. The normalized spacial score (nSPS) is 13.1. The Balaban J connectivity index is 1.68.